The zero-order valence-corrected chi connectivity index (χ0v) is 9.99. The first-order valence-electron chi connectivity index (χ1n) is 5.64. The molecule has 2 N–H and O–H groups in total. The second kappa shape index (κ2) is 4.57. The smallest absolute Gasteiger partial charge is 0.257 e. The summed E-state index contributed by atoms with van der Waals surface area (Å²) in [7, 11) is 0. The maximum Gasteiger partial charge on any atom is 0.257 e. The van der Waals surface area contributed by atoms with Crippen LogP contribution in [0, 0.1) is 6.92 Å². The number of carbonyl (C=O) groups is 2. The molecule has 0 aromatic carbocycles. The van der Waals surface area contributed by atoms with E-state index in [1.54, 1.807) is 11.1 Å². The van der Waals surface area contributed by atoms with E-state index in [4.69, 9.17) is 0 Å². The third kappa shape index (κ3) is 2.46. The van der Waals surface area contributed by atoms with Crippen molar-refractivity contribution in [2.45, 2.75) is 26.3 Å². The van der Waals surface area contributed by atoms with Crippen LogP contribution in [-0.2, 0) is 4.79 Å². The molecule has 2 amide bonds. The van der Waals surface area contributed by atoms with Crippen LogP contribution in [-0.4, -0.2) is 46.0 Å². The molecule has 2 heterocycles. The van der Waals surface area contributed by atoms with E-state index in [2.05, 4.69) is 15.5 Å². The summed E-state index contributed by atoms with van der Waals surface area (Å²) in [5.74, 6) is -0.0760. The van der Waals surface area contributed by atoms with Crippen LogP contribution in [0.25, 0.3) is 0 Å². The Bertz CT molecular complexity index is 440. The van der Waals surface area contributed by atoms with Crippen molar-refractivity contribution in [2.75, 3.05) is 13.1 Å². The maximum atomic E-state index is 12.1. The topological polar surface area (TPSA) is 78.1 Å². The second-order valence-corrected chi connectivity index (χ2v) is 4.35. The van der Waals surface area contributed by atoms with Crippen LogP contribution in [0.4, 0.5) is 0 Å². The van der Waals surface area contributed by atoms with Crippen LogP contribution < -0.4 is 5.32 Å². The molecule has 1 aromatic rings. The molecule has 1 unspecified atom stereocenters. The average molecular weight is 236 g/mol. The van der Waals surface area contributed by atoms with Crippen LogP contribution in [0.1, 0.15) is 29.4 Å². The summed E-state index contributed by atoms with van der Waals surface area (Å²) >= 11 is 0. The number of amides is 2. The van der Waals surface area contributed by atoms with E-state index in [9.17, 15) is 9.59 Å². The van der Waals surface area contributed by atoms with Gasteiger partial charge in [0.05, 0.1) is 11.8 Å². The average Bonchev–Trinajstić information content (AvgIpc) is 2.85. The number of aromatic nitrogens is 2. The van der Waals surface area contributed by atoms with Crippen LogP contribution >= 0.6 is 0 Å². The lowest BCUT2D eigenvalue weighted by atomic mass is 10.2. The third-order valence-corrected chi connectivity index (χ3v) is 2.94. The minimum atomic E-state index is -0.0520. The van der Waals surface area contributed by atoms with E-state index < -0.39 is 0 Å². The highest BCUT2D eigenvalue weighted by Crippen LogP contribution is 2.14. The molecule has 0 radical (unpaired) electrons. The number of likely N-dealkylation sites (tertiary alicyclic amines) is 1. The number of hydrogen-bond donors (Lipinski definition) is 2. The maximum absolute atomic E-state index is 12.1. The molecule has 6 heteroatoms. The second-order valence-electron chi connectivity index (χ2n) is 4.35. The fourth-order valence-corrected chi connectivity index (χ4v) is 2.09. The minimum absolute atomic E-state index is 0.0240. The fourth-order valence-electron chi connectivity index (χ4n) is 2.09. The molecule has 1 aromatic heterocycles. The molecule has 1 aliphatic rings. The summed E-state index contributed by atoms with van der Waals surface area (Å²) in [6, 6.07) is 0.0728. The van der Waals surface area contributed by atoms with E-state index in [1.165, 1.54) is 6.92 Å². The zero-order valence-electron chi connectivity index (χ0n) is 9.99. The highest BCUT2D eigenvalue weighted by atomic mass is 16.2. The molecule has 17 heavy (non-hydrogen) atoms. The van der Waals surface area contributed by atoms with Crippen molar-refractivity contribution in [3.8, 4) is 0 Å². The Labute approximate surface area is 99.4 Å². The SMILES string of the molecule is CC(=O)NC1CCN(C(=O)c2cn[nH]c2C)C1. The molecular formula is C11H16N4O2. The number of H-pyrrole nitrogens is 1. The number of hydrogen-bond acceptors (Lipinski definition) is 3. The van der Waals surface area contributed by atoms with Crippen LogP contribution in [0.15, 0.2) is 6.20 Å². The van der Waals surface area contributed by atoms with Gasteiger partial charge in [-0.2, -0.15) is 5.10 Å². The number of rotatable bonds is 2. The van der Waals surface area contributed by atoms with E-state index in [1.807, 2.05) is 6.92 Å². The van der Waals surface area contributed by atoms with Crippen molar-refractivity contribution in [3.05, 3.63) is 17.5 Å². The lowest BCUT2D eigenvalue weighted by Gasteiger charge is -2.16. The van der Waals surface area contributed by atoms with Gasteiger partial charge in [-0.15, -0.1) is 0 Å². The molecule has 1 atom stereocenters. The van der Waals surface area contributed by atoms with E-state index in [0.717, 1.165) is 12.1 Å². The van der Waals surface area contributed by atoms with E-state index in [0.29, 0.717) is 18.7 Å². The first-order valence-corrected chi connectivity index (χ1v) is 5.64. The molecular weight excluding hydrogens is 220 g/mol. The fraction of sp³-hybridized carbons (Fsp3) is 0.545. The van der Waals surface area contributed by atoms with E-state index >= 15 is 0 Å². The predicted octanol–water partition coefficient (Wildman–Crippen LogP) is 0.0687. The summed E-state index contributed by atoms with van der Waals surface area (Å²) in [5.41, 5.74) is 1.38. The van der Waals surface area contributed by atoms with Gasteiger partial charge in [-0.3, -0.25) is 14.7 Å². The summed E-state index contributed by atoms with van der Waals surface area (Å²) < 4.78 is 0. The Morgan fingerprint density at radius 3 is 2.94 bits per heavy atom. The largest absolute Gasteiger partial charge is 0.352 e. The lowest BCUT2D eigenvalue weighted by Crippen LogP contribution is -2.37. The van der Waals surface area contributed by atoms with Gasteiger partial charge in [-0.1, -0.05) is 0 Å². The summed E-state index contributed by atoms with van der Waals surface area (Å²) in [4.78, 5) is 24.8. The highest BCUT2D eigenvalue weighted by Gasteiger charge is 2.28. The van der Waals surface area contributed by atoms with E-state index in [-0.39, 0.29) is 17.9 Å². The molecule has 0 spiro atoms. The van der Waals surface area contributed by atoms with Crippen molar-refractivity contribution in [1.82, 2.24) is 20.4 Å². The molecule has 0 bridgehead atoms. The van der Waals surface area contributed by atoms with Gasteiger partial charge in [0.2, 0.25) is 5.91 Å². The van der Waals surface area contributed by atoms with Crippen molar-refractivity contribution < 1.29 is 9.59 Å². The van der Waals surface area contributed by atoms with Crippen molar-refractivity contribution in [3.63, 3.8) is 0 Å². The summed E-state index contributed by atoms with van der Waals surface area (Å²) in [6.07, 6.45) is 2.35. The van der Waals surface area contributed by atoms with Crippen LogP contribution in [0.5, 0.6) is 0 Å². The number of aryl methyl sites for hydroxylation is 1. The van der Waals surface area contributed by atoms with Crippen molar-refractivity contribution in [2.24, 2.45) is 0 Å². The monoisotopic (exact) mass is 236 g/mol. The number of carbonyl (C=O) groups excluding carboxylic acids is 2. The Hall–Kier alpha value is -1.85. The lowest BCUT2D eigenvalue weighted by molar-refractivity contribution is -0.119. The Morgan fingerprint density at radius 2 is 2.35 bits per heavy atom. The molecule has 1 fully saturated rings. The number of aromatic amines is 1. The third-order valence-electron chi connectivity index (χ3n) is 2.94. The Kier molecular flexibility index (Phi) is 3.12. The number of nitrogens with one attached hydrogen (secondary N) is 2. The van der Waals surface area contributed by atoms with Gasteiger partial charge in [0, 0.05) is 31.7 Å². The number of nitrogens with zero attached hydrogens (tertiary/aromatic N) is 2. The molecule has 0 saturated carbocycles. The first kappa shape index (κ1) is 11.6. The Balaban J connectivity index is 1.99. The minimum Gasteiger partial charge on any atom is -0.352 e. The van der Waals surface area contributed by atoms with Gasteiger partial charge in [0.25, 0.3) is 5.91 Å². The van der Waals surface area contributed by atoms with Crippen molar-refractivity contribution >= 4 is 11.8 Å². The van der Waals surface area contributed by atoms with Crippen LogP contribution in [0.2, 0.25) is 0 Å². The summed E-state index contributed by atoms with van der Waals surface area (Å²) in [5, 5.41) is 9.42. The quantitative estimate of drug-likeness (QED) is 0.762. The summed E-state index contributed by atoms with van der Waals surface area (Å²) in [6.45, 7) is 4.56. The first-order chi connectivity index (χ1) is 8.08. The van der Waals surface area contributed by atoms with Gasteiger partial charge < -0.3 is 10.2 Å². The van der Waals surface area contributed by atoms with Gasteiger partial charge in [0.1, 0.15) is 0 Å². The zero-order chi connectivity index (χ0) is 12.4. The molecule has 2 rings (SSSR count). The van der Waals surface area contributed by atoms with Crippen LogP contribution in [0.3, 0.4) is 0 Å². The van der Waals surface area contributed by atoms with Gasteiger partial charge in [-0.05, 0) is 13.3 Å². The normalized spacial score (nSPS) is 19.4. The Morgan fingerprint density at radius 1 is 1.59 bits per heavy atom. The van der Waals surface area contributed by atoms with Gasteiger partial charge in [0.15, 0.2) is 0 Å². The highest BCUT2D eigenvalue weighted by molar-refractivity contribution is 5.95. The molecule has 0 aliphatic carbocycles. The standard InChI is InChI=1S/C11H16N4O2/c1-7-10(5-12-14-7)11(17)15-4-3-9(6-15)13-8(2)16/h5,9H,3-4,6H2,1-2H3,(H,12,14)(H,13,16). The molecule has 1 aliphatic heterocycles. The van der Waals surface area contributed by atoms with Gasteiger partial charge in [-0.25, -0.2) is 0 Å². The van der Waals surface area contributed by atoms with Gasteiger partial charge >= 0.3 is 0 Å². The molecule has 6 nitrogen and oxygen atoms in total. The van der Waals surface area contributed by atoms with Crippen molar-refractivity contribution in [1.29, 1.82) is 0 Å². The predicted molar refractivity (Wildman–Crippen MR) is 61.4 cm³/mol. The molecule has 92 valence electrons. The molecule has 1 saturated heterocycles.